The Bertz CT molecular complexity index is 3010. The minimum atomic E-state index is -2.10. The van der Waals surface area contributed by atoms with Gasteiger partial charge in [-0.25, -0.2) is 18.7 Å². The van der Waals surface area contributed by atoms with E-state index in [1.54, 1.807) is 33.4 Å². The number of nitrogens with one attached hydrogen (secondary N) is 3. The fourth-order valence-corrected chi connectivity index (χ4v) is 10.1. The van der Waals surface area contributed by atoms with Gasteiger partial charge >= 0.3 is 0 Å². The Kier molecular flexibility index (Phi) is 13.8. The number of anilines is 1. The molecular formula is C55H56F2N6O7S. The molecule has 6 aromatic rings. The van der Waals surface area contributed by atoms with Crippen LogP contribution in [0.3, 0.4) is 0 Å². The Morgan fingerprint density at radius 2 is 1.69 bits per heavy atom. The highest BCUT2D eigenvalue weighted by Gasteiger charge is 2.55. The number of carbonyl (C=O) groups excluding carboxylic acids is 4. The number of aliphatic hydroxyl groups is 1. The lowest BCUT2D eigenvalue weighted by atomic mass is 9.85. The minimum Gasteiger partial charge on any atom is -0.493 e. The third-order valence-electron chi connectivity index (χ3n) is 13.4. The van der Waals surface area contributed by atoms with Crippen LogP contribution in [-0.2, 0) is 38.6 Å². The highest BCUT2D eigenvalue weighted by molar-refractivity contribution is 7.13. The molecule has 0 bridgehead atoms. The molecule has 0 spiro atoms. The lowest BCUT2D eigenvalue weighted by Gasteiger charge is -2.35. The molecule has 4 atom stereocenters. The molecule has 4 amide bonds. The molecule has 16 heteroatoms. The Morgan fingerprint density at radius 3 is 2.41 bits per heavy atom. The molecule has 2 aromatic heterocycles. The molecule has 2 fully saturated rings. The first kappa shape index (κ1) is 49.0. The van der Waals surface area contributed by atoms with Crippen molar-refractivity contribution < 1.29 is 42.5 Å². The molecule has 4 aromatic carbocycles. The van der Waals surface area contributed by atoms with E-state index in [0.29, 0.717) is 36.6 Å². The topological polar surface area (TPSA) is 172 Å². The van der Waals surface area contributed by atoms with Crippen molar-refractivity contribution in [2.24, 2.45) is 5.41 Å². The molecular weight excluding hydrogens is 927 g/mol. The summed E-state index contributed by atoms with van der Waals surface area (Å²) in [4.78, 5) is 65.5. The molecule has 1 saturated carbocycles. The summed E-state index contributed by atoms with van der Waals surface area (Å²) in [5.74, 6) is -1.64. The molecule has 1 aliphatic carbocycles. The van der Waals surface area contributed by atoms with Crippen LogP contribution >= 0.6 is 11.3 Å². The Morgan fingerprint density at radius 1 is 0.944 bits per heavy atom. The summed E-state index contributed by atoms with van der Waals surface area (Å²) in [6.07, 6.45) is -2.47. The summed E-state index contributed by atoms with van der Waals surface area (Å²) in [7, 11) is 1.58. The average Bonchev–Trinajstić information content (AvgIpc) is 3.90. The zero-order valence-corrected chi connectivity index (χ0v) is 41.0. The number of rotatable bonds is 15. The van der Waals surface area contributed by atoms with E-state index >= 15 is 4.39 Å². The smallest absolute Gasteiger partial charge is 0.258 e. The van der Waals surface area contributed by atoms with Gasteiger partial charge in [0, 0.05) is 17.7 Å². The second-order valence-corrected chi connectivity index (χ2v) is 20.3. The van der Waals surface area contributed by atoms with E-state index < -0.39 is 59.7 Å². The zero-order valence-electron chi connectivity index (χ0n) is 40.2. The number of thiazole rings is 1. The van der Waals surface area contributed by atoms with E-state index in [4.69, 9.17) is 14.5 Å². The highest BCUT2D eigenvalue weighted by Crippen LogP contribution is 2.43. The maximum atomic E-state index is 15.8. The summed E-state index contributed by atoms with van der Waals surface area (Å²) in [5.41, 5.74) is 8.65. The third kappa shape index (κ3) is 10.3. The predicted molar refractivity (Wildman–Crippen MR) is 268 cm³/mol. The summed E-state index contributed by atoms with van der Waals surface area (Å²) in [6, 6.07) is 28.2. The van der Waals surface area contributed by atoms with E-state index in [-0.39, 0.29) is 31.7 Å². The maximum absolute atomic E-state index is 15.8. The van der Waals surface area contributed by atoms with Crippen molar-refractivity contribution in [1.82, 2.24) is 25.5 Å². The number of aryl methyl sites for hydroxylation is 2. The van der Waals surface area contributed by atoms with Gasteiger partial charge < -0.3 is 35.4 Å². The van der Waals surface area contributed by atoms with Crippen molar-refractivity contribution in [2.75, 3.05) is 25.6 Å². The number of hydrogen-bond donors (Lipinski definition) is 4. The number of methoxy groups -OCH3 is 1. The number of amides is 4. The second kappa shape index (κ2) is 20.0. The van der Waals surface area contributed by atoms with Crippen molar-refractivity contribution in [1.29, 1.82) is 0 Å². The lowest BCUT2D eigenvalue weighted by molar-refractivity contribution is -0.145. The summed E-state index contributed by atoms with van der Waals surface area (Å²) in [5, 5.41) is 19.0. The van der Waals surface area contributed by atoms with Crippen LogP contribution in [-0.4, -0.2) is 93.9 Å². The number of halogens is 2. The fourth-order valence-electron chi connectivity index (χ4n) is 9.30. The van der Waals surface area contributed by atoms with Crippen molar-refractivity contribution in [3.05, 3.63) is 125 Å². The number of aromatic nitrogens is 2. The van der Waals surface area contributed by atoms with Gasteiger partial charge in [-0.2, -0.15) is 0 Å². The molecule has 13 nitrogen and oxygen atoms in total. The number of aliphatic hydroxyl groups excluding tert-OH is 1. The lowest BCUT2D eigenvalue weighted by Crippen LogP contribution is -2.59. The number of pyridine rings is 1. The highest BCUT2D eigenvalue weighted by atomic mass is 32.1. The molecule has 0 unspecified atom stereocenters. The van der Waals surface area contributed by atoms with Crippen LogP contribution in [0.1, 0.15) is 62.4 Å². The van der Waals surface area contributed by atoms with E-state index in [1.165, 1.54) is 11.3 Å². The monoisotopic (exact) mass is 982 g/mol. The van der Waals surface area contributed by atoms with E-state index in [2.05, 4.69) is 20.9 Å². The van der Waals surface area contributed by atoms with Crippen LogP contribution in [0.2, 0.25) is 0 Å². The number of alkyl halides is 2. The van der Waals surface area contributed by atoms with Crippen LogP contribution in [0.15, 0.2) is 103 Å². The number of carbonyl (C=O) groups is 4. The standard InChI is InChI=1S/C55H56F2N6O7S/c1-31-49(71-30-59-31)35-17-18-36(28-58-51(66)48-46(56)42(64)29-63(48)52(67)50(54(2,3)4)62-53(68)55(57)21-22-55)33(24-35)14-11-23-70-43-20-19-34(25-44(43)69-5)38-26-41(32-12-7-6-8-13-32)61-47-37-15-9-10-16-40(37)60-45(65)27-39(38)47/h6-10,12-13,15-20,24-26,30,42,46,48,50,64H,11,14,21-23,27-29H2,1-5H3,(H,58,66)(H,60,65)(H,62,68)/t42-,46-,48-,50+/m0/s1. The number of para-hydroxylation sites is 1. The average molecular weight is 983 g/mol. The molecule has 0 radical (unpaired) electrons. The second-order valence-electron chi connectivity index (χ2n) is 19.5. The summed E-state index contributed by atoms with van der Waals surface area (Å²) >= 11 is 1.51. The van der Waals surface area contributed by atoms with Crippen LogP contribution in [0.25, 0.3) is 44.1 Å². The Labute approximate surface area is 415 Å². The number of β-amino-alcohol motifs (C(OH)–C–C–N with tert-alkyl or cyclic N) is 1. The summed E-state index contributed by atoms with van der Waals surface area (Å²) in [6.45, 7) is 6.77. The van der Waals surface area contributed by atoms with Gasteiger partial charge in [0.15, 0.2) is 23.3 Å². The first-order chi connectivity index (χ1) is 34.0. The normalized spacial score (nSPS) is 18.3. The molecule has 2 aliphatic heterocycles. The van der Waals surface area contributed by atoms with Crippen molar-refractivity contribution in [2.45, 2.75) is 96.4 Å². The molecule has 368 valence electrons. The molecule has 3 aliphatic rings. The molecule has 1 saturated heterocycles. The van der Waals surface area contributed by atoms with Gasteiger partial charge in [0.2, 0.25) is 17.7 Å². The van der Waals surface area contributed by atoms with Gasteiger partial charge in [0.05, 0.1) is 59.8 Å². The van der Waals surface area contributed by atoms with E-state index in [0.717, 1.165) is 71.4 Å². The van der Waals surface area contributed by atoms with Gasteiger partial charge in [-0.15, -0.1) is 11.3 Å². The van der Waals surface area contributed by atoms with E-state index in [1.807, 2.05) is 104 Å². The molecule has 9 rings (SSSR count). The first-order valence-corrected chi connectivity index (χ1v) is 24.6. The number of ether oxygens (including phenoxy) is 2. The largest absolute Gasteiger partial charge is 0.493 e. The maximum Gasteiger partial charge on any atom is 0.258 e. The first-order valence-electron chi connectivity index (χ1n) is 23.7. The predicted octanol–water partition coefficient (Wildman–Crippen LogP) is 8.59. The zero-order chi connectivity index (χ0) is 50.2. The van der Waals surface area contributed by atoms with Gasteiger partial charge in [-0.3, -0.25) is 19.2 Å². The molecule has 4 heterocycles. The van der Waals surface area contributed by atoms with E-state index in [9.17, 15) is 28.7 Å². The van der Waals surface area contributed by atoms with Crippen LogP contribution in [0, 0.1) is 12.3 Å². The number of nitrogens with zero attached hydrogens (tertiary/aromatic N) is 3. The SMILES string of the molecule is COc1cc(-c2cc(-c3ccccc3)nc3c2CC(=O)Nc2ccccc2-3)ccc1OCCCc1cc(-c2scnc2C)ccc1CNC(=O)[C@@H]1[C@@H](F)[C@@H](O)CN1C(=O)[C@@H](NC(=O)C1(F)CC1)C(C)(C)C. The van der Waals surface area contributed by atoms with Gasteiger partial charge in [0.1, 0.15) is 18.2 Å². The Balaban J connectivity index is 0.927. The van der Waals surface area contributed by atoms with Crippen LogP contribution < -0.4 is 25.4 Å². The number of hydrogen-bond acceptors (Lipinski definition) is 10. The number of fused-ring (bicyclic) bond motifs is 3. The minimum absolute atomic E-state index is 0.0185. The van der Waals surface area contributed by atoms with Gasteiger partial charge in [-0.05, 0) is 102 Å². The number of likely N-dealkylation sites (tertiary alicyclic amines) is 1. The quantitative estimate of drug-likeness (QED) is 0.0736. The molecule has 71 heavy (non-hydrogen) atoms. The third-order valence-corrected chi connectivity index (χ3v) is 14.4. The molecule has 4 N–H and O–H groups in total. The van der Waals surface area contributed by atoms with Crippen molar-refractivity contribution in [3.8, 4) is 55.6 Å². The van der Waals surface area contributed by atoms with Crippen LogP contribution in [0.4, 0.5) is 14.5 Å². The van der Waals surface area contributed by atoms with Gasteiger partial charge in [0.25, 0.3) is 5.91 Å². The van der Waals surface area contributed by atoms with Crippen molar-refractivity contribution >= 4 is 40.7 Å². The van der Waals surface area contributed by atoms with Crippen molar-refractivity contribution in [3.63, 3.8) is 0 Å². The number of benzene rings is 4. The summed E-state index contributed by atoms with van der Waals surface area (Å²) < 4.78 is 42.8. The Hall–Kier alpha value is -7.04. The fraction of sp³-hybridized carbons (Fsp3) is 0.345. The van der Waals surface area contributed by atoms with Gasteiger partial charge in [-0.1, -0.05) is 87.5 Å². The van der Waals surface area contributed by atoms with Crippen LogP contribution in [0.5, 0.6) is 11.5 Å².